The van der Waals surface area contributed by atoms with Gasteiger partial charge in [0.25, 0.3) is 0 Å². The van der Waals surface area contributed by atoms with Crippen LogP contribution in [0.2, 0.25) is 0 Å². The third kappa shape index (κ3) is 3.93. The molecule has 0 saturated heterocycles. The molecule has 0 radical (unpaired) electrons. The highest BCUT2D eigenvalue weighted by Crippen LogP contribution is 2.40. The van der Waals surface area contributed by atoms with Crippen LogP contribution in [0.15, 0.2) is 12.1 Å². The minimum Gasteiger partial charge on any atom is -0.493 e. The molecule has 0 aromatic heterocycles. The molecule has 7 heteroatoms. The van der Waals surface area contributed by atoms with Crippen molar-refractivity contribution in [1.29, 1.82) is 0 Å². The second kappa shape index (κ2) is 6.69. The van der Waals surface area contributed by atoms with Gasteiger partial charge in [-0.25, -0.2) is 0 Å². The van der Waals surface area contributed by atoms with Crippen molar-refractivity contribution in [2.24, 2.45) is 5.73 Å². The lowest BCUT2D eigenvalue weighted by Gasteiger charge is -2.21. The zero-order valence-corrected chi connectivity index (χ0v) is 11.6. The molecule has 1 rings (SSSR count). The van der Waals surface area contributed by atoms with Crippen molar-refractivity contribution in [3.05, 3.63) is 17.7 Å². The molecule has 1 aromatic rings. The molecule has 0 spiro atoms. The van der Waals surface area contributed by atoms with Crippen LogP contribution in [0.3, 0.4) is 0 Å². The number of halogens is 3. The maximum Gasteiger partial charge on any atom is 0.425 e. The van der Waals surface area contributed by atoms with Crippen molar-refractivity contribution in [2.75, 3.05) is 20.8 Å². The fourth-order valence-electron chi connectivity index (χ4n) is 1.60. The largest absolute Gasteiger partial charge is 0.493 e. The van der Waals surface area contributed by atoms with Gasteiger partial charge in [0.15, 0.2) is 17.6 Å². The van der Waals surface area contributed by atoms with Gasteiger partial charge in [0.1, 0.15) is 0 Å². The first-order chi connectivity index (χ1) is 9.33. The van der Waals surface area contributed by atoms with Crippen molar-refractivity contribution >= 4 is 0 Å². The predicted molar refractivity (Wildman–Crippen MR) is 68.4 cm³/mol. The molecule has 4 nitrogen and oxygen atoms in total. The minimum absolute atomic E-state index is 0.0689. The summed E-state index contributed by atoms with van der Waals surface area (Å²) in [5.74, 6) is 0.299. The third-order valence-electron chi connectivity index (χ3n) is 2.71. The Morgan fingerprint density at radius 1 is 1.15 bits per heavy atom. The van der Waals surface area contributed by atoms with Gasteiger partial charge in [-0.05, 0) is 37.6 Å². The van der Waals surface area contributed by atoms with Crippen LogP contribution in [-0.4, -0.2) is 33.0 Å². The number of ether oxygens (including phenoxy) is 3. The first-order valence-corrected chi connectivity index (χ1v) is 6.01. The van der Waals surface area contributed by atoms with Crippen LogP contribution in [0, 0.1) is 0 Å². The summed E-state index contributed by atoms with van der Waals surface area (Å²) in [5.41, 5.74) is 6.26. The van der Waals surface area contributed by atoms with E-state index < -0.39 is 12.3 Å². The topological polar surface area (TPSA) is 53.7 Å². The number of benzene rings is 1. The summed E-state index contributed by atoms with van der Waals surface area (Å²) in [6, 6.07) is 3.18. The van der Waals surface area contributed by atoms with Crippen molar-refractivity contribution in [3.63, 3.8) is 0 Å². The summed E-state index contributed by atoms with van der Waals surface area (Å²) >= 11 is 0. The molecule has 0 amide bonds. The summed E-state index contributed by atoms with van der Waals surface area (Å²) in [7, 11) is 2.71. The maximum atomic E-state index is 12.6. The highest BCUT2D eigenvalue weighted by Gasteiger charge is 2.39. The van der Waals surface area contributed by atoms with E-state index in [1.54, 1.807) is 12.1 Å². The second-order valence-corrected chi connectivity index (χ2v) is 4.17. The molecule has 2 N–H and O–H groups in total. The first kappa shape index (κ1) is 16.4. The lowest BCUT2D eigenvalue weighted by Crippen LogP contribution is -2.31. The Bertz CT molecular complexity index is 424. The lowest BCUT2D eigenvalue weighted by atomic mass is 10.1. The third-order valence-corrected chi connectivity index (χ3v) is 2.71. The van der Waals surface area contributed by atoms with Gasteiger partial charge in [-0.15, -0.1) is 0 Å². The molecule has 1 atom stereocenters. The molecular weight excluding hydrogens is 275 g/mol. The van der Waals surface area contributed by atoms with Crippen LogP contribution >= 0.6 is 0 Å². The predicted octanol–water partition coefficient (Wildman–Crippen LogP) is 2.53. The van der Waals surface area contributed by atoms with Crippen molar-refractivity contribution in [2.45, 2.75) is 25.6 Å². The van der Waals surface area contributed by atoms with E-state index in [2.05, 4.69) is 0 Å². The summed E-state index contributed by atoms with van der Waals surface area (Å²) in [4.78, 5) is 0. The fraction of sp³-hybridized carbons (Fsp3) is 0.538. The Balaban J connectivity index is 3.16. The molecular formula is C13H18F3NO3. The van der Waals surface area contributed by atoms with E-state index >= 15 is 0 Å². The quantitative estimate of drug-likeness (QED) is 0.875. The van der Waals surface area contributed by atoms with E-state index in [-0.39, 0.29) is 17.2 Å². The van der Waals surface area contributed by atoms with Gasteiger partial charge in [0, 0.05) is 0 Å². The number of rotatable bonds is 6. The maximum absolute atomic E-state index is 12.6. The smallest absolute Gasteiger partial charge is 0.425 e. The molecule has 0 heterocycles. The number of nitrogens with two attached hydrogens (primary N) is 1. The van der Waals surface area contributed by atoms with Gasteiger partial charge in [-0.1, -0.05) is 0 Å². The zero-order valence-electron chi connectivity index (χ0n) is 11.6. The Morgan fingerprint density at radius 2 is 1.65 bits per heavy atom. The minimum atomic E-state index is -4.47. The number of hydrogen-bond donors (Lipinski definition) is 1. The summed E-state index contributed by atoms with van der Waals surface area (Å²) in [6.45, 7) is 1.33. The van der Waals surface area contributed by atoms with Crippen LogP contribution < -0.4 is 19.9 Å². The SMILES string of the molecule is COc1cc(CCN)cc(OC)c1OC(C)C(F)(F)F. The van der Waals surface area contributed by atoms with Crippen LogP contribution in [0.5, 0.6) is 17.2 Å². The average Bonchev–Trinajstić information content (AvgIpc) is 2.38. The normalized spacial score (nSPS) is 12.9. The summed E-state index contributed by atoms with van der Waals surface area (Å²) in [5, 5.41) is 0. The molecule has 20 heavy (non-hydrogen) atoms. The number of alkyl halides is 3. The van der Waals surface area contributed by atoms with E-state index in [1.165, 1.54) is 14.2 Å². The van der Waals surface area contributed by atoms with Gasteiger partial charge in [-0.3, -0.25) is 0 Å². The van der Waals surface area contributed by atoms with E-state index in [0.29, 0.717) is 13.0 Å². The molecule has 1 aromatic carbocycles. The van der Waals surface area contributed by atoms with Gasteiger partial charge in [-0.2, -0.15) is 13.2 Å². The molecule has 0 aliphatic heterocycles. The van der Waals surface area contributed by atoms with E-state index in [9.17, 15) is 13.2 Å². The first-order valence-electron chi connectivity index (χ1n) is 6.01. The van der Waals surface area contributed by atoms with Gasteiger partial charge >= 0.3 is 6.18 Å². The molecule has 0 aliphatic rings. The number of methoxy groups -OCH3 is 2. The number of hydrogen-bond acceptors (Lipinski definition) is 4. The molecule has 0 fully saturated rings. The van der Waals surface area contributed by atoms with Crippen LogP contribution in [-0.2, 0) is 6.42 Å². The van der Waals surface area contributed by atoms with E-state index in [1.807, 2.05) is 0 Å². The van der Waals surface area contributed by atoms with Gasteiger partial charge in [0.2, 0.25) is 5.75 Å². The molecule has 0 aliphatic carbocycles. The Labute approximate surface area is 115 Å². The van der Waals surface area contributed by atoms with Crippen molar-refractivity contribution < 1.29 is 27.4 Å². The molecule has 1 unspecified atom stereocenters. The van der Waals surface area contributed by atoms with Gasteiger partial charge < -0.3 is 19.9 Å². The highest BCUT2D eigenvalue weighted by atomic mass is 19.4. The second-order valence-electron chi connectivity index (χ2n) is 4.17. The summed E-state index contributed by atoms with van der Waals surface area (Å²) in [6.07, 6.45) is -5.88. The fourth-order valence-corrected chi connectivity index (χ4v) is 1.60. The average molecular weight is 293 g/mol. The van der Waals surface area contributed by atoms with E-state index in [0.717, 1.165) is 12.5 Å². The Morgan fingerprint density at radius 3 is 2.00 bits per heavy atom. The van der Waals surface area contributed by atoms with Crippen molar-refractivity contribution in [3.8, 4) is 17.2 Å². The molecule has 0 saturated carbocycles. The van der Waals surface area contributed by atoms with Crippen molar-refractivity contribution in [1.82, 2.24) is 0 Å². The van der Waals surface area contributed by atoms with Crippen LogP contribution in [0.4, 0.5) is 13.2 Å². The molecule has 0 bridgehead atoms. The zero-order chi connectivity index (χ0) is 15.3. The van der Waals surface area contributed by atoms with Crippen LogP contribution in [0.1, 0.15) is 12.5 Å². The lowest BCUT2D eigenvalue weighted by molar-refractivity contribution is -0.189. The highest BCUT2D eigenvalue weighted by molar-refractivity contribution is 5.54. The van der Waals surface area contributed by atoms with Crippen LogP contribution in [0.25, 0.3) is 0 Å². The van der Waals surface area contributed by atoms with Gasteiger partial charge in [0.05, 0.1) is 14.2 Å². The summed E-state index contributed by atoms with van der Waals surface area (Å²) < 4.78 is 52.8. The Kier molecular flexibility index (Phi) is 5.50. The van der Waals surface area contributed by atoms with E-state index in [4.69, 9.17) is 19.9 Å². The standard InChI is InChI=1S/C13H18F3NO3/c1-8(13(14,15)16)20-12-10(18-2)6-9(4-5-17)7-11(12)19-3/h6-8H,4-5,17H2,1-3H3. The Hall–Kier alpha value is -1.63. The monoisotopic (exact) mass is 293 g/mol. The molecule has 114 valence electrons.